The fraction of sp³-hybridized carbons (Fsp3) is 0.538. The van der Waals surface area contributed by atoms with E-state index >= 15 is 0 Å². The van der Waals surface area contributed by atoms with Crippen LogP contribution < -0.4 is 9.04 Å². The van der Waals surface area contributed by atoms with Crippen molar-refractivity contribution in [2.45, 2.75) is 19.8 Å². The van der Waals surface area contributed by atoms with Gasteiger partial charge >= 0.3 is 10.2 Å². The summed E-state index contributed by atoms with van der Waals surface area (Å²) in [5.41, 5.74) is 0.303. The standard InChI is InChI=1S/C13H21FN2O3S/c1-5-6-9-15(2)20(17,18)16(3)12-8-7-11(14)10-13(12)19-4/h7-8,10H,5-6,9H2,1-4H3. The molecule has 0 amide bonds. The molecule has 1 rings (SSSR count). The molecular formula is C13H21FN2O3S. The Hall–Kier alpha value is -1.34. The van der Waals surface area contributed by atoms with Crippen LogP contribution in [0.5, 0.6) is 5.75 Å². The average Bonchev–Trinajstić information content (AvgIpc) is 2.43. The topological polar surface area (TPSA) is 49.9 Å². The molecule has 1 aromatic rings. The molecule has 0 aromatic heterocycles. The van der Waals surface area contributed by atoms with Gasteiger partial charge in [0.05, 0.1) is 12.8 Å². The number of hydrogen-bond donors (Lipinski definition) is 0. The van der Waals surface area contributed by atoms with E-state index in [2.05, 4.69) is 0 Å². The fourth-order valence-electron chi connectivity index (χ4n) is 1.74. The second-order valence-corrected chi connectivity index (χ2v) is 6.53. The van der Waals surface area contributed by atoms with Gasteiger partial charge in [0.25, 0.3) is 0 Å². The molecule has 0 fully saturated rings. The second kappa shape index (κ2) is 6.90. The van der Waals surface area contributed by atoms with Gasteiger partial charge < -0.3 is 4.74 Å². The van der Waals surface area contributed by atoms with E-state index in [0.717, 1.165) is 23.2 Å². The predicted octanol–water partition coefficient (Wildman–Crippen LogP) is 2.25. The summed E-state index contributed by atoms with van der Waals surface area (Å²) in [6, 6.07) is 3.75. The highest BCUT2D eigenvalue weighted by Gasteiger charge is 2.25. The third kappa shape index (κ3) is 3.61. The molecule has 0 bridgehead atoms. The predicted molar refractivity (Wildman–Crippen MR) is 77.8 cm³/mol. The van der Waals surface area contributed by atoms with Gasteiger partial charge in [-0.1, -0.05) is 13.3 Å². The number of ether oxygens (including phenoxy) is 1. The van der Waals surface area contributed by atoms with Gasteiger partial charge in [-0.15, -0.1) is 0 Å². The Morgan fingerprint density at radius 2 is 1.95 bits per heavy atom. The number of halogens is 1. The third-order valence-electron chi connectivity index (χ3n) is 3.05. The maximum absolute atomic E-state index is 13.2. The fourth-order valence-corrected chi connectivity index (χ4v) is 2.92. The zero-order valence-corrected chi connectivity index (χ0v) is 13.1. The van der Waals surface area contributed by atoms with Crippen LogP contribution in [0, 0.1) is 5.82 Å². The van der Waals surface area contributed by atoms with Crippen molar-refractivity contribution >= 4 is 15.9 Å². The minimum Gasteiger partial charge on any atom is -0.494 e. The molecule has 0 spiro atoms. The number of rotatable bonds is 7. The Balaban J connectivity index is 3.07. The van der Waals surface area contributed by atoms with Crippen molar-refractivity contribution < 1.29 is 17.5 Å². The molecule has 5 nitrogen and oxygen atoms in total. The number of unbranched alkanes of at least 4 members (excludes halogenated alkanes) is 1. The van der Waals surface area contributed by atoms with Crippen LogP contribution in [0.1, 0.15) is 19.8 Å². The number of benzene rings is 1. The maximum atomic E-state index is 13.2. The Morgan fingerprint density at radius 3 is 2.50 bits per heavy atom. The summed E-state index contributed by atoms with van der Waals surface area (Å²) in [4.78, 5) is 0. The molecule has 0 heterocycles. The first-order valence-corrected chi connectivity index (χ1v) is 7.78. The van der Waals surface area contributed by atoms with E-state index < -0.39 is 16.0 Å². The smallest absolute Gasteiger partial charge is 0.303 e. The highest BCUT2D eigenvalue weighted by atomic mass is 32.2. The van der Waals surface area contributed by atoms with Crippen LogP contribution >= 0.6 is 0 Å². The summed E-state index contributed by atoms with van der Waals surface area (Å²) in [6.45, 7) is 2.43. The van der Waals surface area contributed by atoms with Gasteiger partial charge in [-0.05, 0) is 18.6 Å². The quantitative estimate of drug-likeness (QED) is 0.776. The lowest BCUT2D eigenvalue weighted by Crippen LogP contribution is -2.40. The maximum Gasteiger partial charge on any atom is 0.303 e. The van der Waals surface area contributed by atoms with Gasteiger partial charge in [-0.2, -0.15) is 12.7 Å². The van der Waals surface area contributed by atoms with Crippen molar-refractivity contribution in [3.8, 4) is 5.75 Å². The highest BCUT2D eigenvalue weighted by molar-refractivity contribution is 7.90. The van der Waals surface area contributed by atoms with Gasteiger partial charge in [0.1, 0.15) is 11.6 Å². The van der Waals surface area contributed by atoms with Crippen molar-refractivity contribution in [3.63, 3.8) is 0 Å². The summed E-state index contributed by atoms with van der Waals surface area (Å²) in [7, 11) is 0.678. The van der Waals surface area contributed by atoms with Crippen LogP contribution in [0.25, 0.3) is 0 Å². The van der Waals surface area contributed by atoms with Crippen LogP contribution in [-0.2, 0) is 10.2 Å². The number of nitrogens with zero attached hydrogens (tertiary/aromatic N) is 2. The summed E-state index contributed by atoms with van der Waals surface area (Å²) in [5, 5.41) is 0. The molecule has 0 saturated heterocycles. The average molecular weight is 304 g/mol. The molecule has 1 aromatic carbocycles. The molecule has 0 aliphatic heterocycles. The van der Waals surface area contributed by atoms with Crippen molar-refractivity contribution in [1.29, 1.82) is 0 Å². The van der Waals surface area contributed by atoms with Gasteiger partial charge in [0.15, 0.2) is 0 Å². The number of methoxy groups -OCH3 is 1. The largest absolute Gasteiger partial charge is 0.494 e. The van der Waals surface area contributed by atoms with Gasteiger partial charge in [-0.25, -0.2) is 4.39 Å². The van der Waals surface area contributed by atoms with Gasteiger partial charge in [0, 0.05) is 26.7 Å². The van der Waals surface area contributed by atoms with E-state index in [-0.39, 0.29) is 5.75 Å². The van der Waals surface area contributed by atoms with Crippen LogP contribution in [0.2, 0.25) is 0 Å². The molecule has 0 atom stereocenters. The zero-order chi connectivity index (χ0) is 15.3. The van der Waals surface area contributed by atoms with Crippen LogP contribution in [0.15, 0.2) is 18.2 Å². The lowest BCUT2D eigenvalue weighted by Gasteiger charge is -2.26. The van der Waals surface area contributed by atoms with Crippen LogP contribution in [-0.4, -0.2) is 40.5 Å². The van der Waals surface area contributed by atoms with E-state index in [9.17, 15) is 12.8 Å². The summed E-state index contributed by atoms with van der Waals surface area (Å²) >= 11 is 0. The summed E-state index contributed by atoms with van der Waals surface area (Å²) < 4.78 is 45.4. The first-order valence-electron chi connectivity index (χ1n) is 6.38. The molecule has 0 aliphatic rings. The normalized spacial score (nSPS) is 11.7. The molecule has 0 unspecified atom stereocenters. The number of anilines is 1. The van der Waals surface area contributed by atoms with Crippen molar-refractivity contribution in [2.24, 2.45) is 0 Å². The second-order valence-electron chi connectivity index (χ2n) is 4.47. The van der Waals surface area contributed by atoms with E-state index in [1.807, 2.05) is 6.92 Å². The van der Waals surface area contributed by atoms with E-state index in [1.165, 1.54) is 37.6 Å². The van der Waals surface area contributed by atoms with Crippen molar-refractivity contribution in [1.82, 2.24) is 4.31 Å². The molecular weight excluding hydrogens is 283 g/mol. The Bertz CT molecular complexity index is 549. The molecule has 0 radical (unpaired) electrons. The van der Waals surface area contributed by atoms with E-state index in [0.29, 0.717) is 12.2 Å². The van der Waals surface area contributed by atoms with E-state index in [4.69, 9.17) is 4.74 Å². The minimum absolute atomic E-state index is 0.181. The first kappa shape index (κ1) is 16.7. The van der Waals surface area contributed by atoms with Crippen LogP contribution in [0.3, 0.4) is 0 Å². The van der Waals surface area contributed by atoms with Crippen molar-refractivity contribution in [3.05, 3.63) is 24.0 Å². The van der Waals surface area contributed by atoms with Gasteiger partial charge in [0.2, 0.25) is 0 Å². The third-order valence-corrected chi connectivity index (χ3v) is 4.91. The minimum atomic E-state index is -3.65. The highest BCUT2D eigenvalue weighted by Crippen LogP contribution is 2.30. The summed E-state index contributed by atoms with van der Waals surface area (Å²) in [5.74, 6) is -0.296. The van der Waals surface area contributed by atoms with E-state index in [1.54, 1.807) is 0 Å². The number of hydrogen-bond acceptors (Lipinski definition) is 3. The van der Waals surface area contributed by atoms with Crippen molar-refractivity contribution in [2.75, 3.05) is 32.1 Å². The molecule has 0 aliphatic carbocycles. The molecule has 20 heavy (non-hydrogen) atoms. The Morgan fingerprint density at radius 1 is 1.30 bits per heavy atom. The summed E-state index contributed by atoms with van der Waals surface area (Å²) in [6.07, 6.45) is 1.69. The lowest BCUT2D eigenvalue weighted by molar-refractivity contribution is 0.411. The Labute approximate surface area is 120 Å². The molecule has 0 N–H and O–H groups in total. The molecule has 0 saturated carbocycles. The molecule has 114 valence electrons. The Kier molecular flexibility index (Phi) is 5.76. The monoisotopic (exact) mass is 304 g/mol. The lowest BCUT2D eigenvalue weighted by atomic mass is 10.3. The first-order chi connectivity index (χ1) is 9.34. The molecule has 7 heteroatoms. The SMILES string of the molecule is CCCCN(C)S(=O)(=O)N(C)c1ccc(F)cc1OC. The van der Waals surface area contributed by atoms with Crippen LogP contribution in [0.4, 0.5) is 10.1 Å². The van der Waals surface area contributed by atoms with Gasteiger partial charge in [-0.3, -0.25) is 4.31 Å². The zero-order valence-electron chi connectivity index (χ0n) is 12.3.